The number of hydrogen-bond acceptors (Lipinski definition) is 10. The summed E-state index contributed by atoms with van der Waals surface area (Å²) in [6, 6.07) is 8.07. The minimum absolute atomic E-state index is 0.172. The van der Waals surface area contributed by atoms with Crippen molar-refractivity contribution in [2.24, 2.45) is 5.73 Å². The number of aromatic nitrogens is 3. The number of anilines is 4. The molecule has 0 spiro atoms. The molecular formula is C26H40N8O3. The third kappa shape index (κ3) is 9.10. The fraction of sp³-hybridized carbons (Fsp3) is 0.615. The van der Waals surface area contributed by atoms with E-state index in [2.05, 4.69) is 36.2 Å². The number of nitrogens with zero attached hydrogens (tertiary/aromatic N) is 3. The Bertz CT molecular complexity index is 982. The summed E-state index contributed by atoms with van der Waals surface area (Å²) in [5.74, 6) is 1.42. The average molecular weight is 513 g/mol. The van der Waals surface area contributed by atoms with Crippen LogP contribution in [0.4, 0.5) is 23.5 Å². The first-order valence-electron chi connectivity index (χ1n) is 13.5. The lowest BCUT2D eigenvalue weighted by molar-refractivity contribution is 0.0511. The zero-order valence-electron chi connectivity index (χ0n) is 21.5. The SMILES string of the molecule is NCCOCCOCCNC(=O)c1cccc(Nc2nc(NC3CCCCC3)nc(NC3CCC3)n2)c1. The molecule has 1 aromatic heterocycles. The molecule has 0 radical (unpaired) electrons. The van der Waals surface area contributed by atoms with Crippen molar-refractivity contribution in [1.29, 1.82) is 0 Å². The lowest BCUT2D eigenvalue weighted by Crippen LogP contribution is -2.29. The Morgan fingerprint density at radius 3 is 2.14 bits per heavy atom. The van der Waals surface area contributed by atoms with Gasteiger partial charge in [-0.2, -0.15) is 15.0 Å². The number of carbonyl (C=O) groups excluding carboxylic acids is 1. The summed E-state index contributed by atoms with van der Waals surface area (Å²) in [4.78, 5) is 26.5. The first kappa shape index (κ1) is 27.0. The van der Waals surface area contributed by atoms with Gasteiger partial charge in [0, 0.05) is 36.4 Å². The molecule has 2 aliphatic carbocycles. The van der Waals surface area contributed by atoms with Crippen LogP contribution in [0.5, 0.6) is 0 Å². The van der Waals surface area contributed by atoms with Crippen LogP contribution in [-0.4, -0.2) is 72.5 Å². The Morgan fingerprint density at radius 1 is 0.838 bits per heavy atom. The molecule has 2 fully saturated rings. The summed E-state index contributed by atoms with van der Waals surface area (Å²) in [7, 11) is 0. The molecule has 0 aliphatic heterocycles. The largest absolute Gasteiger partial charge is 0.378 e. The highest BCUT2D eigenvalue weighted by atomic mass is 16.5. The third-order valence-electron chi connectivity index (χ3n) is 6.56. The van der Waals surface area contributed by atoms with Crippen LogP contribution in [0.15, 0.2) is 24.3 Å². The van der Waals surface area contributed by atoms with E-state index in [4.69, 9.17) is 15.2 Å². The first-order valence-corrected chi connectivity index (χ1v) is 13.5. The molecule has 0 unspecified atom stereocenters. The molecule has 1 heterocycles. The molecule has 6 N–H and O–H groups in total. The molecule has 0 atom stereocenters. The predicted octanol–water partition coefficient (Wildman–Crippen LogP) is 3.05. The van der Waals surface area contributed by atoms with E-state index in [1.54, 1.807) is 12.1 Å². The number of nitrogens with two attached hydrogens (primary N) is 1. The second-order valence-corrected chi connectivity index (χ2v) is 9.53. The zero-order chi connectivity index (χ0) is 25.7. The third-order valence-corrected chi connectivity index (χ3v) is 6.56. The quantitative estimate of drug-likeness (QED) is 0.225. The standard InChI is InChI=1S/C26H40N8O3/c27-12-14-36-16-17-37-15-13-28-23(35)19-6-4-11-22(18-19)31-26-33-24(29-20-7-2-1-3-8-20)32-25(34-26)30-21-9-5-10-21/h4,6,11,18,20-21H,1-3,5,7-10,12-17,27H2,(H,28,35)(H3,29,30,31,32,33,34). The van der Waals surface area contributed by atoms with Gasteiger partial charge in [-0.15, -0.1) is 0 Å². The van der Waals surface area contributed by atoms with Crippen LogP contribution in [0, 0.1) is 0 Å². The van der Waals surface area contributed by atoms with Gasteiger partial charge >= 0.3 is 0 Å². The van der Waals surface area contributed by atoms with Crippen LogP contribution in [0.25, 0.3) is 0 Å². The molecule has 4 rings (SSSR count). The van der Waals surface area contributed by atoms with Crippen LogP contribution in [-0.2, 0) is 9.47 Å². The minimum atomic E-state index is -0.172. The number of amides is 1. The lowest BCUT2D eigenvalue weighted by Gasteiger charge is -2.27. The monoisotopic (exact) mass is 512 g/mol. The van der Waals surface area contributed by atoms with E-state index in [-0.39, 0.29) is 5.91 Å². The van der Waals surface area contributed by atoms with Gasteiger partial charge in [0.25, 0.3) is 5.91 Å². The molecule has 0 saturated heterocycles. The van der Waals surface area contributed by atoms with Gasteiger partial charge in [0.2, 0.25) is 17.8 Å². The highest BCUT2D eigenvalue weighted by molar-refractivity contribution is 5.95. The molecule has 0 bridgehead atoms. The Labute approximate surface area is 218 Å². The lowest BCUT2D eigenvalue weighted by atomic mass is 9.93. The van der Waals surface area contributed by atoms with Gasteiger partial charge in [-0.05, 0) is 50.3 Å². The van der Waals surface area contributed by atoms with E-state index in [0.29, 0.717) is 75.0 Å². The van der Waals surface area contributed by atoms with Gasteiger partial charge in [0.15, 0.2) is 0 Å². The average Bonchev–Trinajstić information content (AvgIpc) is 2.88. The highest BCUT2D eigenvalue weighted by Gasteiger charge is 2.20. The molecule has 202 valence electrons. The second-order valence-electron chi connectivity index (χ2n) is 9.53. The van der Waals surface area contributed by atoms with Gasteiger partial charge in [-0.1, -0.05) is 25.3 Å². The molecular weight excluding hydrogens is 472 g/mol. The van der Waals surface area contributed by atoms with E-state index in [9.17, 15) is 4.79 Å². The molecule has 37 heavy (non-hydrogen) atoms. The van der Waals surface area contributed by atoms with Crippen molar-refractivity contribution in [3.8, 4) is 0 Å². The van der Waals surface area contributed by atoms with E-state index in [1.165, 1.54) is 25.7 Å². The summed E-state index contributed by atoms with van der Waals surface area (Å²) in [6.45, 7) is 2.80. The smallest absolute Gasteiger partial charge is 0.251 e. The van der Waals surface area contributed by atoms with Crippen LogP contribution in [0.1, 0.15) is 61.7 Å². The van der Waals surface area contributed by atoms with Gasteiger partial charge in [-0.25, -0.2) is 0 Å². The second kappa shape index (κ2) is 14.7. The fourth-order valence-corrected chi connectivity index (χ4v) is 4.34. The van der Waals surface area contributed by atoms with Crippen molar-refractivity contribution >= 4 is 29.4 Å². The number of ether oxygens (including phenoxy) is 2. The van der Waals surface area contributed by atoms with Crippen LogP contribution in [0.2, 0.25) is 0 Å². The molecule has 1 aromatic carbocycles. The van der Waals surface area contributed by atoms with E-state index in [0.717, 1.165) is 31.4 Å². The molecule has 1 amide bonds. The van der Waals surface area contributed by atoms with E-state index in [1.807, 2.05) is 12.1 Å². The van der Waals surface area contributed by atoms with Gasteiger partial charge in [0.05, 0.1) is 26.4 Å². The Balaban J connectivity index is 1.33. The van der Waals surface area contributed by atoms with Crippen LogP contribution < -0.4 is 27.0 Å². The van der Waals surface area contributed by atoms with Crippen molar-refractivity contribution < 1.29 is 14.3 Å². The first-order chi connectivity index (χ1) is 18.2. The summed E-state index contributed by atoms with van der Waals surface area (Å²) in [6.07, 6.45) is 9.49. The number of benzene rings is 1. The molecule has 2 aliphatic rings. The highest BCUT2D eigenvalue weighted by Crippen LogP contribution is 2.25. The molecule has 2 aromatic rings. The number of hydrogen-bond donors (Lipinski definition) is 5. The van der Waals surface area contributed by atoms with Crippen molar-refractivity contribution in [2.75, 3.05) is 55.5 Å². The Morgan fingerprint density at radius 2 is 1.49 bits per heavy atom. The predicted molar refractivity (Wildman–Crippen MR) is 144 cm³/mol. The maximum atomic E-state index is 12.6. The molecule has 2 saturated carbocycles. The van der Waals surface area contributed by atoms with Crippen molar-refractivity contribution in [2.45, 2.75) is 63.5 Å². The molecule has 11 heteroatoms. The van der Waals surface area contributed by atoms with E-state index < -0.39 is 0 Å². The normalized spacial score (nSPS) is 16.1. The number of nitrogens with one attached hydrogen (secondary N) is 4. The Kier molecular flexibility index (Phi) is 10.7. The van der Waals surface area contributed by atoms with E-state index >= 15 is 0 Å². The number of carbonyl (C=O) groups is 1. The summed E-state index contributed by atoms with van der Waals surface area (Å²) in [5.41, 5.74) is 6.64. The van der Waals surface area contributed by atoms with Gasteiger partial charge in [-0.3, -0.25) is 4.79 Å². The summed E-state index contributed by atoms with van der Waals surface area (Å²) in [5, 5.41) is 13.1. The maximum absolute atomic E-state index is 12.6. The molecule has 11 nitrogen and oxygen atoms in total. The van der Waals surface area contributed by atoms with Crippen LogP contribution >= 0.6 is 0 Å². The zero-order valence-corrected chi connectivity index (χ0v) is 21.5. The van der Waals surface area contributed by atoms with Gasteiger partial charge in [0.1, 0.15) is 0 Å². The van der Waals surface area contributed by atoms with Crippen molar-refractivity contribution in [1.82, 2.24) is 20.3 Å². The summed E-state index contributed by atoms with van der Waals surface area (Å²) >= 11 is 0. The maximum Gasteiger partial charge on any atom is 0.251 e. The summed E-state index contributed by atoms with van der Waals surface area (Å²) < 4.78 is 10.7. The fourth-order valence-electron chi connectivity index (χ4n) is 4.34. The van der Waals surface area contributed by atoms with Crippen molar-refractivity contribution in [3.63, 3.8) is 0 Å². The van der Waals surface area contributed by atoms with Crippen LogP contribution in [0.3, 0.4) is 0 Å². The minimum Gasteiger partial charge on any atom is -0.378 e. The topological polar surface area (TPSA) is 148 Å². The number of rotatable bonds is 15. The Hall–Kier alpha value is -3.02. The van der Waals surface area contributed by atoms with Crippen molar-refractivity contribution in [3.05, 3.63) is 29.8 Å². The van der Waals surface area contributed by atoms with Gasteiger partial charge < -0.3 is 36.5 Å².